The van der Waals surface area contributed by atoms with Crippen LogP contribution in [0.3, 0.4) is 0 Å². The molecular weight excluding hydrogens is 421 g/mol. The minimum atomic E-state index is 0.262. The lowest BCUT2D eigenvalue weighted by Crippen LogP contribution is -2.09. The number of hydrogen-bond acceptors (Lipinski definition) is 6. The number of nitrogens with zero attached hydrogens (tertiary/aromatic N) is 3. The maximum absolute atomic E-state index is 5.94. The molecule has 1 aromatic heterocycles. The van der Waals surface area contributed by atoms with Crippen molar-refractivity contribution in [3.05, 3.63) is 41.5 Å². The monoisotopic (exact) mass is 439 g/mol. The number of rotatable bonds is 7. The Hall–Kier alpha value is -1.58. The molecule has 0 bridgehead atoms. The van der Waals surface area contributed by atoms with Crippen molar-refractivity contribution in [2.24, 2.45) is 4.99 Å². The van der Waals surface area contributed by atoms with Crippen LogP contribution in [0.5, 0.6) is 5.75 Å². The Morgan fingerprint density at radius 2 is 1.92 bits per heavy atom. The number of aliphatic imine (C=N–C) groups is 1. The molecule has 0 radical (unpaired) electrons. The van der Waals surface area contributed by atoms with Gasteiger partial charge in [0.15, 0.2) is 0 Å². The smallest absolute Gasteiger partial charge is 0.146 e. The molecule has 24 heavy (non-hydrogen) atoms. The van der Waals surface area contributed by atoms with Crippen LogP contribution in [0.15, 0.2) is 29.5 Å². The van der Waals surface area contributed by atoms with Gasteiger partial charge in [0, 0.05) is 36.2 Å². The summed E-state index contributed by atoms with van der Waals surface area (Å²) in [6.07, 6.45) is 3.63. The molecule has 7 heteroatoms. The molecule has 0 N–H and O–H groups in total. The van der Waals surface area contributed by atoms with Crippen molar-refractivity contribution in [1.29, 1.82) is 0 Å². The largest absolute Gasteiger partial charge is 0.491 e. The highest BCUT2D eigenvalue weighted by Crippen LogP contribution is 2.36. The Morgan fingerprint density at radius 3 is 2.67 bits per heavy atom. The first-order valence-electron chi connectivity index (χ1n) is 7.55. The predicted molar refractivity (Wildman–Crippen MR) is 99.8 cm³/mol. The van der Waals surface area contributed by atoms with Gasteiger partial charge in [-0.2, -0.15) is 0 Å². The van der Waals surface area contributed by atoms with E-state index in [4.69, 9.17) is 14.2 Å². The molecule has 0 amide bonds. The zero-order valence-electron chi connectivity index (χ0n) is 13.6. The van der Waals surface area contributed by atoms with E-state index in [2.05, 4.69) is 49.7 Å². The second kappa shape index (κ2) is 8.00. The average molecular weight is 439 g/mol. The van der Waals surface area contributed by atoms with Crippen molar-refractivity contribution in [3.63, 3.8) is 0 Å². The number of ether oxygens (including phenoxy) is 3. The summed E-state index contributed by atoms with van der Waals surface area (Å²) in [5, 5.41) is 0. The van der Waals surface area contributed by atoms with Gasteiger partial charge in [-0.3, -0.25) is 4.99 Å². The van der Waals surface area contributed by atoms with Crippen LogP contribution in [-0.2, 0) is 16.0 Å². The van der Waals surface area contributed by atoms with Crippen molar-refractivity contribution in [3.8, 4) is 16.9 Å². The summed E-state index contributed by atoms with van der Waals surface area (Å²) in [6.45, 7) is 3.72. The number of aromatic nitrogens is 2. The molecule has 0 atom stereocenters. The first-order chi connectivity index (χ1) is 11.7. The van der Waals surface area contributed by atoms with Crippen LogP contribution in [0.2, 0.25) is 0 Å². The van der Waals surface area contributed by atoms with Crippen molar-refractivity contribution in [2.75, 3.05) is 27.1 Å². The molecule has 2 aromatic rings. The predicted octanol–water partition coefficient (Wildman–Crippen LogP) is 3.15. The minimum Gasteiger partial charge on any atom is -0.491 e. The molecular formula is C17H18IN3O3. The SMILES string of the molecule is COCOCCOc1cc2c(cc1-c1cnc(C)nc1)C(I)=NC2. The lowest BCUT2D eigenvalue weighted by molar-refractivity contribution is -0.0387. The zero-order chi connectivity index (χ0) is 16.9. The molecule has 126 valence electrons. The fourth-order valence-corrected chi connectivity index (χ4v) is 3.09. The second-order valence-corrected chi connectivity index (χ2v) is 6.32. The van der Waals surface area contributed by atoms with Gasteiger partial charge in [-0.05, 0) is 47.2 Å². The van der Waals surface area contributed by atoms with Crippen LogP contribution in [0, 0.1) is 6.92 Å². The Kier molecular flexibility index (Phi) is 5.75. The number of hydrogen-bond donors (Lipinski definition) is 0. The van der Waals surface area contributed by atoms with E-state index in [1.807, 2.05) is 19.3 Å². The molecule has 0 fully saturated rings. The third kappa shape index (κ3) is 3.90. The summed E-state index contributed by atoms with van der Waals surface area (Å²) in [6, 6.07) is 4.16. The third-order valence-electron chi connectivity index (χ3n) is 3.59. The highest BCUT2D eigenvalue weighted by molar-refractivity contribution is 14.1. The van der Waals surface area contributed by atoms with E-state index in [9.17, 15) is 0 Å². The van der Waals surface area contributed by atoms with Crippen LogP contribution in [0.1, 0.15) is 17.0 Å². The molecule has 1 aromatic carbocycles. The summed E-state index contributed by atoms with van der Waals surface area (Å²) in [5.41, 5.74) is 4.21. The van der Waals surface area contributed by atoms with Gasteiger partial charge in [0.2, 0.25) is 0 Å². The van der Waals surface area contributed by atoms with Gasteiger partial charge in [0.25, 0.3) is 0 Å². The maximum atomic E-state index is 5.94. The van der Waals surface area contributed by atoms with Crippen molar-refractivity contribution in [1.82, 2.24) is 9.97 Å². The second-order valence-electron chi connectivity index (χ2n) is 5.29. The van der Waals surface area contributed by atoms with Crippen LogP contribution in [0.25, 0.3) is 11.1 Å². The summed E-state index contributed by atoms with van der Waals surface area (Å²) in [5.74, 6) is 1.54. The Labute approximate surface area is 154 Å². The van der Waals surface area contributed by atoms with Gasteiger partial charge in [0.1, 0.15) is 28.7 Å². The highest BCUT2D eigenvalue weighted by Gasteiger charge is 2.19. The molecule has 0 saturated carbocycles. The van der Waals surface area contributed by atoms with Gasteiger partial charge in [-0.25, -0.2) is 9.97 Å². The van der Waals surface area contributed by atoms with Gasteiger partial charge >= 0.3 is 0 Å². The molecule has 3 rings (SSSR count). The molecule has 2 heterocycles. The fourth-order valence-electron chi connectivity index (χ4n) is 2.41. The number of methoxy groups -OCH3 is 1. The normalized spacial score (nSPS) is 12.9. The van der Waals surface area contributed by atoms with E-state index in [1.54, 1.807) is 7.11 Å². The number of aryl methyl sites for hydroxylation is 1. The minimum absolute atomic E-state index is 0.262. The zero-order valence-corrected chi connectivity index (χ0v) is 15.7. The number of halogens is 1. The van der Waals surface area contributed by atoms with Gasteiger partial charge in [-0.15, -0.1) is 0 Å². The lowest BCUT2D eigenvalue weighted by Gasteiger charge is -2.14. The van der Waals surface area contributed by atoms with E-state index in [-0.39, 0.29) is 6.79 Å². The molecule has 0 spiro atoms. The van der Waals surface area contributed by atoms with Crippen molar-refractivity contribution < 1.29 is 14.2 Å². The Bertz CT molecular complexity index is 747. The first kappa shape index (κ1) is 17.2. The molecule has 0 aliphatic carbocycles. The van der Waals surface area contributed by atoms with Crippen molar-refractivity contribution in [2.45, 2.75) is 13.5 Å². The third-order valence-corrected chi connectivity index (χ3v) is 4.52. The molecule has 0 saturated heterocycles. The maximum Gasteiger partial charge on any atom is 0.146 e. The van der Waals surface area contributed by atoms with Crippen molar-refractivity contribution >= 4 is 26.3 Å². The lowest BCUT2D eigenvalue weighted by atomic mass is 10.0. The van der Waals surface area contributed by atoms with Gasteiger partial charge < -0.3 is 14.2 Å². The van der Waals surface area contributed by atoms with E-state index in [1.165, 1.54) is 5.56 Å². The Morgan fingerprint density at radius 1 is 1.12 bits per heavy atom. The van der Waals surface area contributed by atoms with Crippen LogP contribution in [-0.4, -0.2) is 40.8 Å². The van der Waals surface area contributed by atoms with Gasteiger partial charge in [0.05, 0.1) is 13.2 Å². The fraction of sp³-hybridized carbons (Fsp3) is 0.353. The summed E-state index contributed by atoms with van der Waals surface area (Å²) >= 11 is 2.26. The van der Waals surface area contributed by atoms with Crippen LogP contribution < -0.4 is 4.74 Å². The number of benzene rings is 1. The van der Waals surface area contributed by atoms with Gasteiger partial charge in [-0.1, -0.05) is 0 Å². The molecule has 1 aliphatic rings. The summed E-state index contributed by atoms with van der Waals surface area (Å²) in [4.78, 5) is 13.1. The Balaban J connectivity index is 1.87. The van der Waals surface area contributed by atoms with E-state index >= 15 is 0 Å². The van der Waals surface area contributed by atoms with E-state index in [0.717, 1.165) is 32.0 Å². The first-order valence-corrected chi connectivity index (χ1v) is 8.62. The quantitative estimate of drug-likeness (QED) is 0.377. The van der Waals surface area contributed by atoms with E-state index < -0.39 is 0 Å². The molecule has 0 unspecified atom stereocenters. The molecule has 1 aliphatic heterocycles. The number of fused-ring (bicyclic) bond motifs is 1. The summed E-state index contributed by atoms with van der Waals surface area (Å²) < 4.78 is 17.1. The topological polar surface area (TPSA) is 65.8 Å². The molecule has 6 nitrogen and oxygen atoms in total. The van der Waals surface area contributed by atoms with Crippen LogP contribution >= 0.6 is 22.6 Å². The highest BCUT2D eigenvalue weighted by atomic mass is 127. The summed E-state index contributed by atoms with van der Waals surface area (Å²) in [7, 11) is 1.60. The average Bonchev–Trinajstić information content (AvgIpc) is 2.95. The van der Waals surface area contributed by atoms with E-state index in [0.29, 0.717) is 19.8 Å². The standard InChI is InChI=1S/C17H18IN3O3/c1-11-19-8-13(9-20-11)14-6-15-12(7-21-17(15)18)5-16(14)24-4-3-23-10-22-2/h5-6,8-9H,3-4,7,10H2,1-2H3. The van der Waals surface area contributed by atoms with Crippen LogP contribution in [0.4, 0.5) is 0 Å².